The summed E-state index contributed by atoms with van der Waals surface area (Å²) in [7, 11) is 3.52. The number of guanidine groups is 1. The molecule has 0 radical (unpaired) electrons. The molecular weight excluding hydrogens is 439 g/mol. The molecule has 0 aliphatic heterocycles. The summed E-state index contributed by atoms with van der Waals surface area (Å²) in [6.07, 6.45) is 5.81. The maximum Gasteiger partial charge on any atom is 0.243 e. The Bertz CT molecular complexity index is 570. The highest BCUT2D eigenvalue weighted by Crippen LogP contribution is 2.47. The average Bonchev–Trinajstić information content (AvgIpc) is 3.37. The van der Waals surface area contributed by atoms with Crippen LogP contribution in [0.2, 0.25) is 0 Å². The molecule has 1 aliphatic rings. The molecule has 0 saturated heterocycles. The first-order chi connectivity index (χ1) is 12.0. The van der Waals surface area contributed by atoms with E-state index in [1.807, 2.05) is 0 Å². The van der Waals surface area contributed by atoms with E-state index < -0.39 is 0 Å². The maximum atomic E-state index is 11.8. The van der Waals surface area contributed by atoms with E-state index in [2.05, 4.69) is 52.9 Å². The summed E-state index contributed by atoms with van der Waals surface area (Å²) in [5.74, 6) is 0.769. The number of rotatable bonds is 9. The Morgan fingerprint density at radius 3 is 2.46 bits per heavy atom. The molecule has 0 unspecified atom stereocenters. The molecule has 0 aromatic heterocycles. The monoisotopic (exact) mass is 472 g/mol. The van der Waals surface area contributed by atoms with E-state index in [0.29, 0.717) is 5.41 Å². The van der Waals surface area contributed by atoms with Gasteiger partial charge in [-0.3, -0.25) is 4.79 Å². The van der Waals surface area contributed by atoms with Crippen molar-refractivity contribution >= 4 is 35.8 Å². The SMILES string of the molecule is CCCCNC(=NCC(=O)N(C)C)NCC1(Cc2ccccc2)CC1.I. The number of hydrogen-bond donors (Lipinski definition) is 2. The lowest BCUT2D eigenvalue weighted by atomic mass is 9.96. The fourth-order valence-corrected chi connectivity index (χ4v) is 2.74. The van der Waals surface area contributed by atoms with Gasteiger partial charge in [-0.15, -0.1) is 24.0 Å². The first kappa shape index (κ1) is 22.7. The van der Waals surface area contributed by atoms with E-state index in [-0.39, 0.29) is 36.4 Å². The standard InChI is InChI=1S/C20H32N4O.HI/c1-4-5-13-21-19(22-15-18(25)24(2)3)23-16-20(11-12-20)14-17-9-7-6-8-10-17;/h6-10H,4-5,11-16H2,1-3H3,(H2,21,22,23);1H. The predicted molar refractivity (Wildman–Crippen MR) is 119 cm³/mol. The Labute approximate surface area is 175 Å². The second-order valence-electron chi connectivity index (χ2n) is 7.25. The first-order valence-electron chi connectivity index (χ1n) is 9.31. The fraction of sp³-hybridized carbons (Fsp3) is 0.600. The predicted octanol–water partition coefficient (Wildman–Crippen LogP) is 3.05. The molecule has 6 heteroatoms. The summed E-state index contributed by atoms with van der Waals surface area (Å²) in [5, 5.41) is 6.81. The maximum absolute atomic E-state index is 11.8. The van der Waals surface area contributed by atoms with Crippen molar-refractivity contribution in [3.63, 3.8) is 0 Å². The van der Waals surface area contributed by atoms with Crippen LogP contribution in [0.4, 0.5) is 0 Å². The van der Waals surface area contributed by atoms with Crippen molar-refractivity contribution in [3.05, 3.63) is 35.9 Å². The van der Waals surface area contributed by atoms with Gasteiger partial charge in [0.25, 0.3) is 0 Å². The minimum absolute atomic E-state index is 0. The van der Waals surface area contributed by atoms with Crippen LogP contribution in [-0.4, -0.2) is 50.5 Å². The highest BCUT2D eigenvalue weighted by Gasteiger charge is 2.42. The molecule has 2 N–H and O–H groups in total. The quantitative estimate of drug-likeness (QED) is 0.252. The Balaban J connectivity index is 0.00000338. The van der Waals surface area contributed by atoms with Crippen molar-refractivity contribution in [2.24, 2.45) is 10.4 Å². The second-order valence-corrected chi connectivity index (χ2v) is 7.25. The van der Waals surface area contributed by atoms with Crippen LogP contribution in [0.25, 0.3) is 0 Å². The van der Waals surface area contributed by atoms with E-state index in [1.165, 1.54) is 18.4 Å². The fourth-order valence-electron chi connectivity index (χ4n) is 2.74. The molecule has 1 saturated carbocycles. The lowest BCUT2D eigenvalue weighted by Gasteiger charge is -2.19. The van der Waals surface area contributed by atoms with Crippen molar-refractivity contribution < 1.29 is 4.79 Å². The van der Waals surface area contributed by atoms with Gasteiger partial charge in [-0.1, -0.05) is 43.7 Å². The summed E-state index contributed by atoms with van der Waals surface area (Å²) >= 11 is 0. The van der Waals surface area contributed by atoms with Gasteiger partial charge in [0.2, 0.25) is 5.91 Å². The number of benzene rings is 1. The number of nitrogens with one attached hydrogen (secondary N) is 2. The number of hydrogen-bond acceptors (Lipinski definition) is 2. The summed E-state index contributed by atoms with van der Waals surface area (Å²) in [6, 6.07) is 10.7. The number of nitrogens with zero attached hydrogens (tertiary/aromatic N) is 2. The van der Waals surface area contributed by atoms with Gasteiger partial charge >= 0.3 is 0 Å². The minimum Gasteiger partial charge on any atom is -0.356 e. The van der Waals surface area contributed by atoms with Crippen molar-refractivity contribution in [2.75, 3.05) is 33.7 Å². The van der Waals surface area contributed by atoms with Crippen LogP contribution in [0.3, 0.4) is 0 Å². The number of unbranched alkanes of at least 4 members (excludes halogenated alkanes) is 1. The lowest BCUT2D eigenvalue weighted by Crippen LogP contribution is -2.42. The number of aliphatic imine (C=N–C) groups is 1. The van der Waals surface area contributed by atoms with Gasteiger partial charge in [0.05, 0.1) is 0 Å². The molecule has 1 amide bonds. The molecular formula is C20H33IN4O. The van der Waals surface area contributed by atoms with Gasteiger partial charge in [-0.05, 0) is 36.7 Å². The second kappa shape index (κ2) is 11.4. The zero-order valence-electron chi connectivity index (χ0n) is 16.3. The van der Waals surface area contributed by atoms with Crippen molar-refractivity contribution in [2.45, 2.75) is 39.0 Å². The van der Waals surface area contributed by atoms with Crippen molar-refractivity contribution in [3.8, 4) is 0 Å². The van der Waals surface area contributed by atoms with Crippen LogP contribution in [0.15, 0.2) is 35.3 Å². The van der Waals surface area contributed by atoms with Gasteiger partial charge in [0.1, 0.15) is 6.54 Å². The van der Waals surface area contributed by atoms with Gasteiger partial charge in [-0.25, -0.2) is 4.99 Å². The number of carbonyl (C=O) groups is 1. The largest absolute Gasteiger partial charge is 0.356 e. The normalized spacial score (nSPS) is 15.0. The number of amides is 1. The lowest BCUT2D eigenvalue weighted by molar-refractivity contribution is -0.127. The third kappa shape index (κ3) is 7.93. The van der Waals surface area contributed by atoms with E-state index in [9.17, 15) is 4.79 Å². The number of likely N-dealkylation sites (N-methyl/N-ethyl adjacent to an activating group) is 1. The minimum atomic E-state index is 0. The molecule has 0 spiro atoms. The van der Waals surface area contributed by atoms with Crippen LogP contribution in [0.5, 0.6) is 0 Å². The van der Waals surface area contributed by atoms with E-state index in [1.54, 1.807) is 19.0 Å². The Morgan fingerprint density at radius 2 is 1.88 bits per heavy atom. The van der Waals surface area contributed by atoms with Gasteiger partial charge in [0, 0.05) is 27.2 Å². The smallest absolute Gasteiger partial charge is 0.243 e. The topological polar surface area (TPSA) is 56.7 Å². The van der Waals surface area contributed by atoms with E-state index in [0.717, 1.165) is 38.3 Å². The summed E-state index contributed by atoms with van der Waals surface area (Å²) < 4.78 is 0. The molecule has 0 bridgehead atoms. The van der Waals surface area contributed by atoms with Gasteiger partial charge in [0.15, 0.2) is 5.96 Å². The zero-order valence-corrected chi connectivity index (χ0v) is 18.6. The molecule has 0 atom stereocenters. The van der Waals surface area contributed by atoms with Crippen LogP contribution < -0.4 is 10.6 Å². The molecule has 1 aliphatic carbocycles. The summed E-state index contributed by atoms with van der Waals surface area (Å²) in [4.78, 5) is 17.8. The van der Waals surface area contributed by atoms with Crippen LogP contribution in [0, 0.1) is 5.41 Å². The summed E-state index contributed by atoms with van der Waals surface area (Å²) in [6.45, 7) is 4.13. The molecule has 1 aromatic rings. The van der Waals surface area contributed by atoms with Crippen LogP contribution in [-0.2, 0) is 11.2 Å². The van der Waals surface area contributed by atoms with Gasteiger partial charge < -0.3 is 15.5 Å². The number of carbonyl (C=O) groups excluding carboxylic acids is 1. The molecule has 0 heterocycles. The van der Waals surface area contributed by atoms with Crippen LogP contribution >= 0.6 is 24.0 Å². The molecule has 2 rings (SSSR count). The highest BCUT2D eigenvalue weighted by atomic mass is 127. The van der Waals surface area contributed by atoms with Gasteiger partial charge in [-0.2, -0.15) is 0 Å². The summed E-state index contributed by atoms with van der Waals surface area (Å²) in [5.41, 5.74) is 1.72. The molecule has 1 aromatic carbocycles. The average molecular weight is 472 g/mol. The first-order valence-corrected chi connectivity index (χ1v) is 9.31. The Hall–Kier alpha value is -1.31. The molecule has 1 fully saturated rings. The van der Waals surface area contributed by atoms with Crippen molar-refractivity contribution in [1.82, 2.24) is 15.5 Å². The van der Waals surface area contributed by atoms with Crippen molar-refractivity contribution in [1.29, 1.82) is 0 Å². The van der Waals surface area contributed by atoms with E-state index in [4.69, 9.17) is 0 Å². The third-order valence-corrected chi connectivity index (χ3v) is 4.70. The number of halogens is 1. The Kier molecular flexibility index (Phi) is 9.98. The van der Waals surface area contributed by atoms with Crippen LogP contribution in [0.1, 0.15) is 38.2 Å². The Morgan fingerprint density at radius 1 is 1.19 bits per heavy atom. The third-order valence-electron chi connectivity index (χ3n) is 4.70. The molecule has 26 heavy (non-hydrogen) atoms. The highest BCUT2D eigenvalue weighted by molar-refractivity contribution is 14.0. The molecule has 5 nitrogen and oxygen atoms in total. The molecule has 146 valence electrons. The van der Waals surface area contributed by atoms with E-state index >= 15 is 0 Å². The zero-order chi connectivity index (χ0) is 18.1.